The normalized spacial score (nSPS) is 26.9. The molecule has 1 aromatic carbocycles. The van der Waals surface area contributed by atoms with Crippen molar-refractivity contribution in [3.63, 3.8) is 0 Å². The van der Waals surface area contributed by atoms with E-state index < -0.39 is 0 Å². The van der Waals surface area contributed by atoms with Gasteiger partial charge in [-0.25, -0.2) is 0 Å². The predicted octanol–water partition coefficient (Wildman–Crippen LogP) is 3.46. The number of ether oxygens (including phenoxy) is 1. The summed E-state index contributed by atoms with van der Waals surface area (Å²) < 4.78 is 5.98. The molecule has 1 heterocycles. The van der Waals surface area contributed by atoms with Gasteiger partial charge < -0.3 is 10.5 Å². The van der Waals surface area contributed by atoms with Crippen LogP contribution in [0.4, 0.5) is 0 Å². The minimum absolute atomic E-state index is 0.220. The predicted molar refractivity (Wildman–Crippen MR) is 80.4 cm³/mol. The Kier molecular flexibility index (Phi) is 4.15. The van der Waals surface area contributed by atoms with E-state index in [9.17, 15) is 0 Å². The molecule has 1 saturated heterocycles. The molecule has 1 saturated carbocycles. The Morgan fingerprint density at radius 1 is 1.32 bits per heavy atom. The monoisotopic (exact) mass is 277 g/mol. The zero-order valence-corrected chi connectivity index (χ0v) is 12.2. The molecule has 0 bridgehead atoms. The van der Waals surface area contributed by atoms with Gasteiger partial charge in [0, 0.05) is 23.3 Å². The van der Waals surface area contributed by atoms with Crippen LogP contribution in [0.15, 0.2) is 35.2 Å². The van der Waals surface area contributed by atoms with Gasteiger partial charge in [-0.3, -0.25) is 0 Å². The second-order valence-electron chi connectivity index (χ2n) is 5.93. The Balaban J connectivity index is 1.51. The highest BCUT2D eigenvalue weighted by Crippen LogP contribution is 2.45. The second kappa shape index (κ2) is 5.86. The van der Waals surface area contributed by atoms with Crippen molar-refractivity contribution in [3.05, 3.63) is 30.3 Å². The Morgan fingerprint density at radius 2 is 2.11 bits per heavy atom. The number of nitrogens with two attached hydrogens (primary N) is 1. The first-order valence-corrected chi connectivity index (χ1v) is 8.33. The Morgan fingerprint density at radius 3 is 2.79 bits per heavy atom. The van der Waals surface area contributed by atoms with Gasteiger partial charge in [0.15, 0.2) is 0 Å². The summed E-state index contributed by atoms with van der Waals surface area (Å²) in [5, 5.41) is 0. The van der Waals surface area contributed by atoms with Crippen LogP contribution in [0.3, 0.4) is 0 Å². The molecule has 1 aliphatic carbocycles. The minimum atomic E-state index is 0.220. The number of hydrogen-bond donors (Lipinski definition) is 1. The molecule has 0 aromatic heterocycles. The number of rotatable bonds is 4. The molecule has 2 aliphatic rings. The van der Waals surface area contributed by atoms with E-state index in [1.165, 1.54) is 30.6 Å². The number of hydrogen-bond acceptors (Lipinski definition) is 3. The van der Waals surface area contributed by atoms with Crippen LogP contribution in [0.5, 0.6) is 0 Å². The standard InChI is InChI=1S/C16H23NOS/c17-15(12-19-14-5-2-1-3-6-14)13-7-10-18-16(11-13)8-4-9-16/h1-3,5-6,13,15H,4,7-12,17H2. The molecule has 1 spiro atoms. The first-order valence-electron chi connectivity index (χ1n) is 7.35. The molecule has 2 fully saturated rings. The summed E-state index contributed by atoms with van der Waals surface area (Å²) in [5.74, 6) is 1.66. The summed E-state index contributed by atoms with van der Waals surface area (Å²) in [5.41, 5.74) is 6.64. The van der Waals surface area contributed by atoms with Crippen molar-refractivity contribution in [1.29, 1.82) is 0 Å². The molecule has 1 aromatic rings. The van der Waals surface area contributed by atoms with Gasteiger partial charge in [-0.15, -0.1) is 11.8 Å². The highest BCUT2D eigenvalue weighted by Gasteiger charge is 2.43. The molecule has 104 valence electrons. The Hall–Kier alpha value is -0.510. The summed E-state index contributed by atoms with van der Waals surface area (Å²) in [6.45, 7) is 0.911. The zero-order chi connectivity index (χ0) is 13.1. The van der Waals surface area contributed by atoms with Crippen molar-refractivity contribution in [2.75, 3.05) is 12.4 Å². The lowest BCUT2D eigenvalue weighted by Gasteiger charge is -2.48. The maximum absolute atomic E-state index is 6.42. The first-order chi connectivity index (χ1) is 9.27. The lowest BCUT2D eigenvalue weighted by Crippen LogP contribution is -2.49. The quantitative estimate of drug-likeness (QED) is 0.856. The van der Waals surface area contributed by atoms with E-state index in [2.05, 4.69) is 30.3 Å². The van der Waals surface area contributed by atoms with Crippen LogP contribution in [0.2, 0.25) is 0 Å². The second-order valence-corrected chi connectivity index (χ2v) is 7.02. The molecule has 2 N–H and O–H groups in total. The lowest BCUT2D eigenvalue weighted by atomic mass is 9.71. The van der Waals surface area contributed by atoms with E-state index in [4.69, 9.17) is 10.5 Å². The highest BCUT2D eigenvalue weighted by molar-refractivity contribution is 7.99. The van der Waals surface area contributed by atoms with E-state index in [0.717, 1.165) is 18.8 Å². The first kappa shape index (κ1) is 13.5. The van der Waals surface area contributed by atoms with Gasteiger partial charge in [-0.1, -0.05) is 18.2 Å². The molecule has 3 heteroatoms. The van der Waals surface area contributed by atoms with Crippen LogP contribution in [0, 0.1) is 5.92 Å². The van der Waals surface area contributed by atoms with Crippen LogP contribution >= 0.6 is 11.8 Å². The molecule has 0 amide bonds. The average Bonchev–Trinajstić information content (AvgIpc) is 2.44. The minimum Gasteiger partial charge on any atom is -0.375 e. The van der Waals surface area contributed by atoms with E-state index >= 15 is 0 Å². The maximum atomic E-state index is 6.42. The summed E-state index contributed by atoms with van der Waals surface area (Å²) >= 11 is 1.88. The van der Waals surface area contributed by atoms with Gasteiger partial charge in [-0.05, 0) is 50.2 Å². The summed E-state index contributed by atoms with van der Waals surface area (Å²) in [6.07, 6.45) is 6.16. The Labute approximate surface area is 120 Å². The van der Waals surface area contributed by atoms with Gasteiger partial charge in [0.1, 0.15) is 0 Å². The largest absolute Gasteiger partial charge is 0.375 e. The van der Waals surface area contributed by atoms with Crippen LogP contribution in [0.1, 0.15) is 32.1 Å². The fourth-order valence-corrected chi connectivity index (χ4v) is 4.20. The third-order valence-electron chi connectivity index (χ3n) is 4.59. The van der Waals surface area contributed by atoms with Crippen LogP contribution in [-0.2, 0) is 4.74 Å². The van der Waals surface area contributed by atoms with E-state index in [1.807, 2.05) is 11.8 Å². The molecule has 2 unspecified atom stereocenters. The van der Waals surface area contributed by atoms with E-state index in [0.29, 0.717) is 12.0 Å². The third-order valence-corrected chi connectivity index (χ3v) is 5.74. The van der Waals surface area contributed by atoms with Gasteiger partial charge in [0.25, 0.3) is 0 Å². The van der Waals surface area contributed by atoms with Crippen LogP contribution < -0.4 is 5.73 Å². The lowest BCUT2D eigenvalue weighted by molar-refractivity contribution is -0.145. The van der Waals surface area contributed by atoms with E-state index in [1.54, 1.807) is 0 Å². The smallest absolute Gasteiger partial charge is 0.0685 e. The van der Waals surface area contributed by atoms with Crippen LogP contribution in [0.25, 0.3) is 0 Å². The summed E-state index contributed by atoms with van der Waals surface area (Å²) in [6, 6.07) is 10.9. The highest BCUT2D eigenvalue weighted by atomic mass is 32.2. The number of thioether (sulfide) groups is 1. The Bertz CT molecular complexity index is 404. The zero-order valence-electron chi connectivity index (χ0n) is 11.4. The molecule has 3 rings (SSSR count). The average molecular weight is 277 g/mol. The molecule has 2 nitrogen and oxygen atoms in total. The molecular formula is C16H23NOS. The fraction of sp³-hybridized carbons (Fsp3) is 0.625. The molecule has 2 atom stereocenters. The van der Waals surface area contributed by atoms with E-state index in [-0.39, 0.29) is 5.60 Å². The summed E-state index contributed by atoms with van der Waals surface area (Å²) in [4.78, 5) is 1.32. The molecule has 1 aliphatic heterocycles. The van der Waals surface area contributed by atoms with Gasteiger partial charge in [-0.2, -0.15) is 0 Å². The van der Waals surface area contributed by atoms with Crippen molar-refractivity contribution in [1.82, 2.24) is 0 Å². The van der Waals surface area contributed by atoms with Crippen molar-refractivity contribution >= 4 is 11.8 Å². The van der Waals surface area contributed by atoms with Gasteiger partial charge in [0.05, 0.1) is 5.60 Å². The van der Waals surface area contributed by atoms with Gasteiger partial charge in [0.2, 0.25) is 0 Å². The van der Waals surface area contributed by atoms with Crippen molar-refractivity contribution in [2.45, 2.75) is 48.6 Å². The topological polar surface area (TPSA) is 35.2 Å². The number of benzene rings is 1. The third kappa shape index (κ3) is 3.15. The molecular weight excluding hydrogens is 254 g/mol. The fourth-order valence-electron chi connectivity index (χ4n) is 3.20. The summed E-state index contributed by atoms with van der Waals surface area (Å²) in [7, 11) is 0. The van der Waals surface area contributed by atoms with Gasteiger partial charge >= 0.3 is 0 Å². The van der Waals surface area contributed by atoms with Crippen LogP contribution in [-0.4, -0.2) is 24.0 Å². The van der Waals surface area contributed by atoms with Crippen molar-refractivity contribution < 1.29 is 4.74 Å². The van der Waals surface area contributed by atoms with Crippen molar-refractivity contribution in [3.8, 4) is 0 Å². The SMILES string of the molecule is NC(CSc1ccccc1)C1CCOC2(CCC2)C1. The molecule has 19 heavy (non-hydrogen) atoms. The maximum Gasteiger partial charge on any atom is 0.0685 e. The van der Waals surface area contributed by atoms with Crippen molar-refractivity contribution in [2.24, 2.45) is 11.7 Å². The molecule has 0 radical (unpaired) electrons.